The molecule has 3 rings (SSSR count). The molecule has 150 valence electrons. The van der Waals surface area contributed by atoms with Crippen LogP contribution < -0.4 is 10.6 Å². The van der Waals surface area contributed by atoms with Crippen molar-refractivity contribution in [2.24, 2.45) is 0 Å². The number of aryl methyl sites for hydroxylation is 1. The lowest BCUT2D eigenvalue weighted by Crippen LogP contribution is -2.19. The molecule has 2 N–H and O–H groups in total. The van der Waals surface area contributed by atoms with Gasteiger partial charge in [0.2, 0.25) is 0 Å². The van der Waals surface area contributed by atoms with E-state index in [1.807, 2.05) is 12.1 Å². The van der Waals surface area contributed by atoms with Gasteiger partial charge in [-0.05, 0) is 66.6 Å². The normalized spacial score (nSPS) is 11.1. The van der Waals surface area contributed by atoms with Crippen LogP contribution in [0.1, 0.15) is 11.1 Å². The molecule has 0 saturated heterocycles. The predicted octanol–water partition coefficient (Wildman–Crippen LogP) is 6.03. The van der Waals surface area contributed by atoms with E-state index in [0.29, 0.717) is 27.5 Å². The number of benzene rings is 3. The molecule has 0 fully saturated rings. The molecule has 29 heavy (non-hydrogen) atoms. The highest BCUT2D eigenvalue weighted by atomic mass is 79.9. The third-order valence-corrected chi connectivity index (χ3v) is 6.76. The Labute approximate surface area is 183 Å². The van der Waals surface area contributed by atoms with Crippen LogP contribution in [0.3, 0.4) is 0 Å². The van der Waals surface area contributed by atoms with Gasteiger partial charge in [-0.2, -0.15) is 0 Å². The molecule has 3 aromatic carbocycles. The van der Waals surface area contributed by atoms with Crippen molar-refractivity contribution in [3.05, 3.63) is 87.4 Å². The van der Waals surface area contributed by atoms with Gasteiger partial charge in [-0.25, -0.2) is 13.2 Å². The van der Waals surface area contributed by atoms with Crippen molar-refractivity contribution in [2.75, 3.05) is 10.6 Å². The number of carbonyl (C=O) groups is 1. The molecule has 0 spiro atoms. The van der Waals surface area contributed by atoms with Gasteiger partial charge in [0.05, 0.1) is 10.6 Å². The third-order valence-electron chi connectivity index (χ3n) is 4.15. The summed E-state index contributed by atoms with van der Waals surface area (Å²) in [5.41, 5.74) is 2.26. The first-order valence-electron chi connectivity index (χ1n) is 8.64. The third kappa shape index (κ3) is 5.82. The lowest BCUT2D eigenvalue weighted by Gasteiger charge is -2.12. The van der Waals surface area contributed by atoms with Gasteiger partial charge in [-0.1, -0.05) is 45.7 Å². The molecule has 0 unspecified atom stereocenters. The van der Waals surface area contributed by atoms with Crippen LogP contribution in [-0.2, 0) is 15.6 Å². The topological polar surface area (TPSA) is 75.3 Å². The van der Waals surface area contributed by atoms with E-state index in [1.54, 1.807) is 55.5 Å². The lowest BCUT2D eigenvalue weighted by atomic mass is 10.2. The summed E-state index contributed by atoms with van der Waals surface area (Å²) in [5, 5.41) is 5.92. The van der Waals surface area contributed by atoms with Crippen molar-refractivity contribution in [3.8, 4) is 0 Å². The highest BCUT2D eigenvalue weighted by molar-refractivity contribution is 9.10. The minimum absolute atomic E-state index is 0.153. The molecule has 0 heterocycles. The van der Waals surface area contributed by atoms with Crippen molar-refractivity contribution in [3.63, 3.8) is 0 Å². The minimum atomic E-state index is -3.60. The van der Waals surface area contributed by atoms with Gasteiger partial charge >= 0.3 is 6.03 Å². The van der Waals surface area contributed by atoms with E-state index < -0.39 is 15.9 Å². The molecule has 0 aromatic heterocycles. The number of amides is 2. The van der Waals surface area contributed by atoms with E-state index in [1.165, 1.54) is 6.07 Å². The molecule has 8 heteroatoms. The number of nitrogens with one attached hydrogen (secondary N) is 2. The quantitative estimate of drug-likeness (QED) is 0.456. The predicted molar refractivity (Wildman–Crippen MR) is 120 cm³/mol. The summed E-state index contributed by atoms with van der Waals surface area (Å²) in [4.78, 5) is 12.4. The highest BCUT2D eigenvalue weighted by Crippen LogP contribution is 2.25. The Balaban J connectivity index is 1.77. The van der Waals surface area contributed by atoms with Gasteiger partial charge < -0.3 is 10.6 Å². The molecule has 3 aromatic rings. The number of carbonyl (C=O) groups excluding carboxylic acids is 1. The average molecular weight is 494 g/mol. The van der Waals surface area contributed by atoms with Crippen molar-refractivity contribution in [1.29, 1.82) is 0 Å². The molecular formula is C21H18BrClN2O3S. The van der Waals surface area contributed by atoms with Crippen LogP contribution in [0.25, 0.3) is 0 Å². The van der Waals surface area contributed by atoms with Crippen LogP contribution in [0.2, 0.25) is 5.02 Å². The smallest absolute Gasteiger partial charge is 0.308 e. The molecule has 2 amide bonds. The molecule has 5 nitrogen and oxygen atoms in total. The molecule has 0 aliphatic carbocycles. The Kier molecular flexibility index (Phi) is 6.62. The maximum absolute atomic E-state index is 12.9. The van der Waals surface area contributed by atoms with E-state index in [9.17, 15) is 13.2 Å². The monoisotopic (exact) mass is 492 g/mol. The highest BCUT2D eigenvalue weighted by Gasteiger charge is 2.19. The molecular weight excluding hydrogens is 476 g/mol. The Morgan fingerprint density at radius 2 is 1.52 bits per heavy atom. The summed E-state index contributed by atoms with van der Waals surface area (Å²) >= 11 is 9.20. The van der Waals surface area contributed by atoms with Gasteiger partial charge in [0, 0.05) is 20.9 Å². The van der Waals surface area contributed by atoms with Gasteiger partial charge in [0.25, 0.3) is 0 Å². The summed E-state index contributed by atoms with van der Waals surface area (Å²) in [7, 11) is -3.60. The molecule has 0 bridgehead atoms. The first kappa shape index (κ1) is 21.4. The van der Waals surface area contributed by atoms with Gasteiger partial charge in [-0.3, -0.25) is 0 Å². The number of urea groups is 1. The SMILES string of the molecule is Cc1ccc(NC(=O)Nc2ccc(Br)cc2)cc1S(=O)(=O)Cc1ccc(Cl)cc1. The number of anilines is 2. The molecule has 0 aliphatic heterocycles. The maximum Gasteiger partial charge on any atom is 0.323 e. The Morgan fingerprint density at radius 1 is 0.931 bits per heavy atom. The number of sulfone groups is 1. The zero-order valence-electron chi connectivity index (χ0n) is 15.4. The van der Waals surface area contributed by atoms with E-state index >= 15 is 0 Å². The molecule has 0 saturated carbocycles. The second kappa shape index (κ2) is 8.98. The largest absolute Gasteiger partial charge is 0.323 e. The summed E-state index contributed by atoms with van der Waals surface area (Å²) in [6.45, 7) is 1.72. The second-order valence-corrected chi connectivity index (χ2v) is 9.76. The fourth-order valence-electron chi connectivity index (χ4n) is 2.72. The first-order chi connectivity index (χ1) is 13.7. The van der Waals surface area contributed by atoms with E-state index in [4.69, 9.17) is 11.6 Å². The van der Waals surface area contributed by atoms with Gasteiger partial charge in [-0.15, -0.1) is 0 Å². The zero-order chi connectivity index (χ0) is 21.0. The average Bonchev–Trinajstić information content (AvgIpc) is 2.67. The Bertz CT molecular complexity index is 1130. The summed E-state index contributed by atoms with van der Waals surface area (Å²) < 4.78 is 26.7. The van der Waals surface area contributed by atoms with Crippen molar-refractivity contribution < 1.29 is 13.2 Å². The van der Waals surface area contributed by atoms with Crippen LogP contribution in [0, 0.1) is 6.92 Å². The summed E-state index contributed by atoms with van der Waals surface area (Å²) in [5.74, 6) is -0.153. The summed E-state index contributed by atoms with van der Waals surface area (Å²) in [6.07, 6.45) is 0. The van der Waals surface area contributed by atoms with E-state index in [2.05, 4.69) is 26.6 Å². The fourth-order valence-corrected chi connectivity index (χ4v) is 4.76. The fraction of sp³-hybridized carbons (Fsp3) is 0.0952. The second-order valence-electron chi connectivity index (χ2n) is 6.45. The van der Waals surface area contributed by atoms with Crippen LogP contribution in [-0.4, -0.2) is 14.4 Å². The van der Waals surface area contributed by atoms with Crippen LogP contribution >= 0.6 is 27.5 Å². The number of hydrogen-bond acceptors (Lipinski definition) is 3. The minimum Gasteiger partial charge on any atom is -0.308 e. The van der Waals surface area contributed by atoms with E-state index in [-0.39, 0.29) is 10.6 Å². The lowest BCUT2D eigenvalue weighted by molar-refractivity contribution is 0.262. The van der Waals surface area contributed by atoms with Crippen molar-refractivity contribution in [1.82, 2.24) is 0 Å². The van der Waals surface area contributed by atoms with Crippen molar-refractivity contribution in [2.45, 2.75) is 17.6 Å². The number of halogens is 2. The Morgan fingerprint density at radius 3 is 2.17 bits per heavy atom. The van der Waals surface area contributed by atoms with E-state index in [0.717, 1.165) is 4.47 Å². The number of hydrogen-bond donors (Lipinski definition) is 2. The molecule has 0 radical (unpaired) electrons. The molecule has 0 aliphatic rings. The maximum atomic E-state index is 12.9. The van der Waals surface area contributed by atoms with Gasteiger partial charge in [0.1, 0.15) is 0 Å². The Hall–Kier alpha value is -2.35. The first-order valence-corrected chi connectivity index (χ1v) is 11.5. The zero-order valence-corrected chi connectivity index (χ0v) is 18.6. The van der Waals surface area contributed by atoms with Crippen LogP contribution in [0.15, 0.2) is 76.1 Å². The van der Waals surface area contributed by atoms with Crippen LogP contribution in [0.5, 0.6) is 0 Å². The number of rotatable bonds is 5. The van der Waals surface area contributed by atoms with Crippen molar-refractivity contribution >= 4 is 54.8 Å². The molecule has 0 atom stereocenters. The summed E-state index contributed by atoms with van der Waals surface area (Å²) in [6, 6.07) is 18.1. The standard InChI is InChI=1S/C21H18BrClN2O3S/c1-14-2-9-19(25-21(26)24-18-10-5-16(22)6-11-18)12-20(14)29(27,28)13-15-3-7-17(23)8-4-15/h2-12H,13H2,1H3,(H2,24,25,26). The van der Waals surface area contributed by atoms with Gasteiger partial charge in [0.15, 0.2) is 9.84 Å². The van der Waals surface area contributed by atoms with Crippen LogP contribution in [0.4, 0.5) is 16.2 Å².